The zero-order valence-corrected chi connectivity index (χ0v) is 10.1. The molecule has 2 heterocycles. The average molecular weight is 254 g/mol. The van der Waals surface area contributed by atoms with E-state index in [1.165, 1.54) is 29.6 Å². The van der Waals surface area contributed by atoms with E-state index in [9.17, 15) is 14.4 Å². The van der Waals surface area contributed by atoms with Crippen molar-refractivity contribution in [3.05, 3.63) is 27.2 Å². The molecule has 0 aliphatic heterocycles. The number of carbonyl (C=O) groups is 1. The van der Waals surface area contributed by atoms with Gasteiger partial charge >= 0.3 is 5.69 Å². The molecule has 17 heavy (non-hydrogen) atoms. The molecule has 0 radical (unpaired) electrons. The summed E-state index contributed by atoms with van der Waals surface area (Å²) in [7, 11) is 2.90. The number of thiol groups is 1. The zero-order chi connectivity index (χ0) is 12.7. The lowest BCUT2D eigenvalue weighted by atomic mass is 10.5. The summed E-state index contributed by atoms with van der Waals surface area (Å²) in [5, 5.41) is -0.389. The van der Waals surface area contributed by atoms with Gasteiger partial charge in [0.2, 0.25) is 5.12 Å². The Labute approximate surface area is 101 Å². The largest absolute Gasteiger partial charge is 0.332 e. The number of rotatable bonds is 2. The Morgan fingerprint density at radius 1 is 1.35 bits per heavy atom. The molecule has 0 fully saturated rings. The summed E-state index contributed by atoms with van der Waals surface area (Å²) in [5.41, 5.74) is -0.454. The van der Waals surface area contributed by atoms with Gasteiger partial charge in [0.25, 0.3) is 5.56 Å². The number of fused-ring (bicyclic) bond motifs is 1. The number of aryl methyl sites for hydroxylation is 1. The Hall–Kier alpha value is -1.83. The lowest BCUT2D eigenvalue weighted by Gasteiger charge is -2.04. The van der Waals surface area contributed by atoms with Gasteiger partial charge < -0.3 is 4.57 Å². The van der Waals surface area contributed by atoms with E-state index in [2.05, 4.69) is 17.6 Å². The highest BCUT2D eigenvalue weighted by molar-refractivity contribution is 7.96. The van der Waals surface area contributed by atoms with Gasteiger partial charge in [0.05, 0.1) is 12.9 Å². The van der Waals surface area contributed by atoms with Gasteiger partial charge in [-0.05, 0) is 0 Å². The minimum Gasteiger partial charge on any atom is -0.316 e. The summed E-state index contributed by atoms with van der Waals surface area (Å²) < 4.78 is 3.62. The van der Waals surface area contributed by atoms with Crippen LogP contribution >= 0.6 is 12.6 Å². The maximum Gasteiger partial charge on any atom is 0.332 e. The maximum atomic E-state index is 11.9. The van der Waals surface area contributed by atoms with Gasteiger partial charge in [0.15, 0.2) is 11.2 Å². The normalized spacial score (nSPS) is 11.0. The second-order valence-electron chi connectivity index (χ2n) is 3.64. The average Bonchev–Trinajstić information content (AvgIpc) is 2.66. The summed E-state index contributed by atoms with van der Waals surface area (Å²) in [6, 6.07) is 0. The second-order valence-corrected chi connectivity index (χ2v) is 4.14. The highest BCUT2D eigenvalue weighted by atomic mass is 32.1. The van der Waals surface area contributed by atoms with E-state index in [4.69, 9.17) is 0 Å². The number of imidazole rings is 1. The van der Waals surface area contributed by atoms with Crippen molar-refractivity contribution in [2.75, 3.05) is 0 Å². The van der Waals surface area contributed by atoms with Crippen LogP contribution in [0, 0.1) is 0 Å². The first-order valence-corrected chi connectivity index (χ1v) is 5.21. The van der Waals surface area contributed by atoms with Gasteiger partial charge in [0, 0.05) is 14.1 Å². The molecule has 2 aromatic rings. The van der Waals surface area contributed by atoms with E-state index in [0.717, 1.165) is 4.57 Å². The molecule has 2 aromatic heterocycles. The maximum absolute atomic E-state index is 11.9. The first-order chi connectivity index (χ1) is 7.93. The van der Waals surface area contributed by atoms with Crippen molar-refractivity contribution >= 4 is 28.9 Å². The SMILES string of the molecule is Cn1c(=O)c2c(ncn2CC(=O)S)n(C)c1=O. The number of hydrogen-bond acceptors (Lipinski definition) is 4. The Morgan fingerprint density at radius 2 is 2.00 bits per heavy atom. The third kappa shape index (κ3) is 1.70. The molecule has 0 unspecified atom stereocenters. The fourth-order valence-corrected chi connectivity index (χ4v) is 1.81. The van der Waals surface area contributed by atoms with Crippen LogP contribution in [0.25, 0.3) is 11.2 Å². The van der Waals surface area contributed by atoms with E-state index in [1.54, 1.807) is 0 Å². The van der Waals surface area contributed by atoms with Crippen molar-refractivity contribution in [2.45, 2.75) is 6.54 Å². The molecule has 0 saturated carbocycles. The van der Waals surface area contributed by atoms with Crippen molar-refractivity contribution in [2.24, 2.45) is 14.1 Å². The van der Waals surface area contributed by atoms with Gasteiger partial charge in [-0.2, -0.15) is 0 Å². The van der Waals surface area contributed by atoms with Gasteiger partial charge in [0.1, 0.15) is 0 Å². The first kappa shape index (κ1) is 11.6. The van der Waals surface area contributed by atoms with Gasteiger partial charge in [-0.25, -0.2) is 9.78 Å². The summed E-state index contributed by atoms with van der Waals surface area (Å²) in [6.45, 7) is -0.0624. The molecule has 90 valence electrons. The van der Waals surface area contributed by atoms with Crippen molar-refractivity contribution in [3.63, 3.8) is 0 Å². The molecule has 0 amide bonds. The topological polar surface area (TPSA) is 78.9 Å². The lowest BCUT2D eigenvalue weighted by molar-refractivity contribution is -0.111. The highest BCUT2D eigenvalue weighted by Crippen LogP contribution is 2.05. The summed E-state index contributed by atoms with van der Waals surface area (Å²) >= 11 is 3.65. The Bertz CT molecular complexity index is 724. The van der Waals surface area contributed by atoms with E-state index in [-0.39, 0.29) is 22.8 Å². The minimum absolute atomic E-state index is 0.0624. The lowest BCUT2D eigenvalue weighted by Crippen LogP contribution is -2.37. The monoisotopic (exact) mass is 254 g/mol. The quantitative estimate of drug-likeness (QED) is 0.689. The highest BCUT2D eigenvalue weighted by Gasteiger charge is 2.14. The first-order valence-electron chi connectivity index (χ1n) is 4.76. The fourth-order valence-electron chi connectivity index (χ4n) is 1.66. The molecule has 0 spiro atoms. The molecule has 0 aliphatic carbocycles. The van der Waals surface area contributed by atoms with Crippen molar-refractivity contribution < 1.29 is 4.79 Å². The van der Waals surface area contributed by atoms with Crippen LogP contribution in [0.4, 0.5) is 0 Å². The third-order valence-electron chi connectivity index (χ3n) is 2.52. The second kappa shape index (κ2) is 3.88. The molecule has 7 nitrogen and oxygen atoms in total. The number of nitrogens with zero attached hydrogens (tertiary/aromatic N) is 4. The number of carbonyl (C=O) groups excluding carboxylic acids is 1. The summed E-state index contributed by atoms with van der Waals surface area (Å²) in [5.74, 6) is 0. The van der Waals surface area contributed by atoms with E-state index in [0.29, 0.717) is 0 Å². The zero-order valence-electron chi connectivity index (χ0n) is 9.25. The minimum atomic E-state index is -0.477. The Kier molecular flexibility index (Phi) is 2.66. The van der Waals surface area contributed by atoms with Gasteiger partial charge in [-0.3, -0.25) is 18.7 Å². The molecule has 0 aliphatic rings. The van der Waals surface area contributed by atoms with Crippen LogP contribution in [0.5, 0.6) is 0 Å². The smallest absolute Gasteiger partial charge is 0.316 e. The fraction of sp³-hybridized carbons (Fsp3) is 0.333. The standard InChI is InChI=1S/C9H10N4O3S/c1-11-7-6(8(15)12(2)9(11)16)13(4-10-7)3-5(14)17/h4H,3H2,1-2H3,(H,14,17). The predicted octanol–water partition coefficient (Wildman–Crippen LogP) is -1.11. The molecular weight excluding hydrogens is 244 g/mol. The van der Waals surface area contributed by atoms with Gasteiger partial charge in [-0.1, -0.05) is 0 Å². The predicted molar refractivity (Wildman–Crippen MR) is 64.2 cm³/mol. The molecule has 2 rings (SSSR count). The van der Waals surface area contributed by atoms with Crippen molar-refractivity contribution in [3.8, 4) is 0 Å². The van der Waals surface area contributed by atoms with Crippen LogP contribution in [0.2, 0.25) is 0 Å². The van der Waals surface area contributed by atoms with Crippen molar-refractivity contribution in [1.29, 1.82) is 0 Å². The number of aromatic nitrogens is 4. The molecule has 8 heteroatoms. The Morgan fingerprint density at radius 3 is 2.59 bits per heavy atom. The summed E-state index contributed by atoms with van der Waals surface area (Å²) in [4.78, 5) is 38.4. The van der Waals surface area contributed by atoms with Crippen LogP contribution in [0.1, 0.15) is 0 Å². The van der Waals surface area contributed by atoms with E-state index < -0.39 is 11.2 Å². The van der Waals surface area contributed by atoms with Crippen molar-refractivity contribution in [1.82, 2.24) is 18.7 Å². The summed E-state index contributed by atoms with van der Waals surface area (Å²) in [6.07, 6.45) is 1.35. The van der Waals surface area contributed by atoms with Gasteiger partial charge in [-0.15, -0.1) is 12.6 Å². The third-order valence-corrected chi connectivity index (χ3v) is 2.66. The van der Waals surface area contributed by atoms with Crippen LogP contribution < -0.4 is 11.2 Å². The number of hydrogen-bond donors (Lipinski definition) is 1. The van der Waals surface area contributed by atoms with Crippen LogP contribution in [-0.2, 0) is 25.4 Å². The van der Waals surface area contributed by atoms with Crippen LogP contribution in [0.15, 0.2) is 15.9 Å². The molecule has 0 aromatic carbocycles. The Balaban J connectivity index is 2.90. The van der Waals surface area contributed by atoms with Crippen LogP contribution in [-0.4, -0.2) is 23.8 Å². The van der Waals surface area contributed by atoms with Crippen LogP contribution in [0.3, 0.4) is 0 Å². The van der Waals surface area contributed by atoms with E-state index in [1.807, 2.05) is 0 Å². The molecule has 0 atom stereocenters. The molecular formula is C9H10N4O3S. The molecule has 0 saturated heterocycles. The molecule has 0 N–H and O–H groups in total. The van der Waals surface area contributed by atoms with E-state index >= 15 is 0 Å². The molecule has 0 bridgehead atoms.